The standard InChI is InChI=1S/C17H15ClN2/c1-3-12-5-7-13(8-6-12)17-19-15-9-4-11(2)10-14(15)16(18)20-17/h4-10H,3H2,1-2H3. The van der Waals surface area contributed by atoms with Gasteiger partial charge in [0.15, 0.2) is 5.82 Å². The van der Waals surface area contributed by atoms with Gasteiger partial charge in [0.05, 0.1) is 5.52 Å². The van der Waals surface area contributed by atoms with Crippen molar-refractivity contribution in [3.63, 3.8) is 0 Å². The second kappa shape index (κ2) is 5.22. The van der Waals surface area contributed by atoms with Gasteiger partial charge in [-0.1, -0.05) is 54.4 Å². The highest BCUT2D eigenvalue weighted by Crippen LogP contribution is 2.25. The quantitative estimate of drug-likeness (QED) is 0.630. The molecule has 2 aromatic carbocycles. The van der Waals surface area contributed by atoms with E-state index in [1.54, 1.807) is 0 Å². The minimum Gasteiger partial charge on any atom is -0.228 e. The summed E-state index contributed by atoms with van der Waals surface area (Å²) in [5.41, 5.74) is 4.33. The molecule has 0 saturated carbocycles. The molecule has 0 N–H and O–H groups in total. The lowest BCUT2D eigenvalue weighted by Crippen LogP contribution is -1.92. The summed E-state index contributed by atoms with van der Waals surface area (Å²) in [6.45, 7) is 4.17. The first kappa shape index (κ1) is 13.1. The lowest BCUT2D eigenvalue weighted by molar-refractivity contribution is 1.14. The van der Waals surface area contributed by atoms with Crippen LogP contribution >= 0.6 is 11.6 Å². The third kappa shape index (κ3) is 2.39. The Morgan fingerprint density at radius 2 is 1.75 bits per heavy atom. The van der Waals surface area contributed by atoms with E-state index < -0.39 is 0 Å². The summed E-state index contributed by atoms with van der Waals surface area (Å²) >= 11 is 6.29. The number of hydrogen-bond acceptors (Lipinski definition) is 2. The Kier molecular flexibility index (Phi) is 3.41. The number of halogens is 1. The summed E-state index contributed by atoms with van der Waals surface area (Å²) < 4.78 is 0. The summed E-state index contributed by atoms with van der Waals surface area (Å²) in [5.74, 6) is 0.675. The van der Waals surface area contributed by atoms with Crippen molar-refractivity contribution in [1.82, 2.24) is 9.97 Å². The van der Waals surface area contributed by atoms with Gasteiger partial charge in [-0.2, -0.15) is 0 Å². The lowest BCUT2D eigenvalue weighted by Gasteiger charge is -2.06. The minimum absolute atomic E-state index is 0.508. The van der Waals surface area contributed by atoms with Crippen LogP contribution in [0.25, 0.3) is 22.3 Å². The molecule has 0 spiro atoms. The van der Waals surface area contributed by atoms with Crippen LogP contribution < -0.4 is 0 Å². The van der Waals surface area contributed by atoms with Crippen molar-refractivity contribution in [3.8, 4) is 11.4 Å². The third-order valence-corrected chi connectivity index (χ3v) is 3.71. The molecule has 0 amide bonds. The zero-order valence-corrected chi connectivity index (χ0v) is 12.3. The van der Waals surface area contributed by atoms with Crippen LogP contribution in [0.15, 0.2) is 42.5 Å². The van der Waals surface area contributed by atoms with E-state index in [-0.39, 0.29) is 0 Å². The first-order valence-electron chi connectivity index (χ1n) is 6.70. The average Bonchev–Trinajstić information content (AvgIpc) is 2.48. The van der Waals surface area contributed by atoms with Gasteiger partial charge in [0, 0.05) is 10.9 Å². The van der Waals surface area contributed by atoms with Gasteiger partial charge in [-0.05, 0) is 31.0 Å². The van der Waals surface area contributed by atoms with E-state index >= 15 is 0 Å². The maximum absolute atomic E-state index is 6.29. The summed E-state index contributed by atoms with van der Waals surface area (Å²) in [4.78, 5) is 9.03. The van der Waals surface area contributed by atoms with Crippen LogP contribution in [0.1, 0.15) is 18.1 Å². The van der Waals surface area contributed by atoms with E-state index in [2.05, 4.69) is 29.0 Å². The molecule has 0 saturated heterocycles. The fraction of sp³-hybridized carbons (Fsp3) is 0.176. The Bertz CT molecular complexity index is 764. The summed E-state index contributed by atoms with van der Waals surface area (Å²) in [6.07, 6.45) is 1.03. The smallest absolute Gasteiger partial charge is 0.161 e. The Morgan fingerprint density at radius 3 is 2.45 bits per heavy atom. The number of benzene rings is 2. The van der Waals surface area contributed by atoms with Gasteiger partial charge in [0.1, 0.15) is 5.15 Å². The van der Waals surface area contributed by atoms with Gasteiger partial charge in [-0.15, -0.1) is 0 Å². The van der Waals surface area contributed by atoms with E-state index in [0.717, 1.165) is 28.5 Å². The number of hydrogen-bond donors (Lipinski definition) is 0. The van der Waals surface area contributed by atoms with E-state index in [0.29, 0.717) is 11.0 Å². The largest absolute Gasteiger partial charge is 0.228 e. The maximum atomic E-state index is 6.29. The number of nitrogens with zero attached hydrogens (tertiary/aromatic N) is 2. The van der Waals surface area contributed by atoms with Crippen molar-refractivity contribution in [3.05, 3.63) is 58.7 Å². The van der Waals surface area contributed by atoms with Crippen molar-refractivity contribution >= 4 is 22.5 Å². The Labute approximate surface area is 123 Å². The topological polar surface area (TPSA) is 25.8 Å². The van der Waals surface area contributed by atoms with E-state index in [1.165, 1.54) is 5.56 Å². The number of aryl methyl sites for hydroxylation is 2. The van der Waals surface area contributed by atoms with E-state index in [1.807, 2.05) is 37.3 Å². The summed E-state index contributed by atoms with van der Waals surface area (Å²) in [6, 6.07) is 14.3. The molecule has 1 aromatic heterocycles. The molecule has 2 nitrogen and oxygen atoms in total. The molecule has 1 heterocycles. The van der Waals surface area contributed by atoms with Crippen molar-refractivity contribution < 1.29 is 0 Å². The van der Waals surface area contributed by atoms with Crippen LogP contribution in [0.3, 0.4) is 0 Å². The van der Waals surface area contributed by atoms with Crippen molar-refractivity contribution in [2.75, 3.05) is 0 Å². The summed E-state index contributed by atoms with van der Waals surface area (Å²) in [7, 11) is 0. The number of aromatic nitrogens is 2. The molecule has 0 aliphatic rings. The van der Waals surface area contributed by atoms with Crippen molar-refractivity contribution in [1.29, 1.82) is 0 Å². The van der Waals surface area contributed by atoms with Gasteiger partial charge in [-0.25, -0.2) is 9.97 Å². The second-order valence-electron chi connectivity index (χ2n) is 4.91. The molecule has 0 atom stereocenters. The molecule has 0 aliphatic carbocycles. The molecule has 0 aliphatic heterocycles. The number of fused-ring (bicyclic) bond motifs is 1. The molecule has 3 rings (SSSR count). The molecule has 0 radical (unpaired) electrons. The Morgan fingerprint density at radius 1 is 1.00 bits per heavy atom. The molecule has 0 bridgehead atoms. The molecule has 20 heavy (non-hydrogen) atoms. The highest BCUT2D eigenvalue weighted by Gasteiger charge is 2.08. The first-order valence-corrected chi connectivity index (χ1v) is 7.08. The van der Waals surface area contributed by atoms with Crippen LogP contribution in [0.4, 0.5) is 0 Å². The van der Waals surface area contributed by atoms with Crippen LogP contribution in [0, 0.1) is 6.92 Å². The van der Waals surface area contributed by atoms with Gasteiger partial charge < -0.3 is 0 Å². The SMILES string of the molecule is CCc1ccc(-c2nc(Cl)c3cc(C)ccc3n2)cc1. The van der Waals surface area contributed by atoms with E-state index in [9.17, 15) is 0 Å². The zero-order valence-electron chi connectivity index (χ0n) is 11.5. The average molecular weight is 283 g/mol. The predicted molar refractivity (Wildman–Crippen MR) is 84.1 cm³/mol. The minimum atomic E-state index is 0.508. The molecular formula is C17H15ClN2. The van der Waals surface area contributed by atoms with Crippen molar-refractivity contribution in [2.24, 2.45) is 0 Å². The highest BCUT2D eigenvalue weighted by atomic mass is 35.5. The molecule has 0 fully saturated rings. The normalized spacial score (nSPS) is 10.9. The Balaban J connectivity index is 2.14. The highest BCUT2D eigenvalue weighted by molar-refractivity contribution is 6.34. The van der Waals surface area contributed by atoms with Crippen molar-refractivity contribution in [2.45, 2.75) is 20.3 Å². The van der Waals surface area contributed by atoms with Gasteiger partial charge in [-0.3, -0.25) is 0 Å². The first-order chi connectivity index (χ1) is 9.67. The maximum Gasteiger partial charge on any atom is 0.161 e. The van der Waals surface area contributed by atoms with E-state index in [4.69, 9.17) is 11.6 Å². The van der Waals surface area contributed by atoms with Crippen LogP contribution in [0.2, 0.25) is 5.15 Å². The van der Waals surface area contributed by atoms with Gasteiger partial charge in [0.25, 0.3) is 0 Å². The predicted octanol–water partition coefficient (Wildman–Crippen LogP) is 4.82. The van der Waals surface area contributed by atoms with Crippen LogP contribution in [0.5, 0.6) is 0 Å². The molecule has 3 heteroatoms. The molecular weight excluding hydrogens is 268 g/mol. The van der Waals surface area contributed by atoms with Crippen LogP contribution in [-0.4, -0.2) is 9.97 Å². The van der Waals surface area contributed by atoms with Gasteiger partial charge in [0.2, 0.25) is 0 Å². The molecule has 0 unspecified atom stereocenters. The third-order valence-electron chi connectivity index (χ3n) is 3.43. The fourth-order valence-electron chi connectivity index (χ4n) is 2.22. The lowest BCUT2D eigenvalue weighted by atomic mass is 10.1. The summed E-state index contributed by atoms with van der Waals surface area (Å²) in [5, 5.41) is 1.41. The molecule has 100 valence electrons. The number of rotatable bonds is 2. The fourth-order valence-corrected chi connectivity index (χ4v) is 2.45. The second-order valence-corrected chi connectivity index (χ2v) is 5.27. The molecule has 3 aromatic rings. The van der Waals surface area contributed by atoms with Gasteiger partial charge >= 0.3 is 0 Å². The zero-order chi connectivity index (χ0) is 14.1. The monoisotopic (exact) mass is 282 g/mol. The Hall–Kier alpha value is -1.93. The van der Waals surface area contributed by atoms with Crippen LogP contribution in [-0.2, 0) is 6.42 Å².